The lowest BCUT2D eigenvalue weighted by Crippen LogP contribution is -2.28. The first-order valence-electron chi connectivity index (χ1n) is 7.52. The molecule has 4 heteroatoms. The maximum atomic E-state index is 6.37. The minimum atomic E-state index is 0.365. The Kier molecular flexibility index (Phi) is 6.14. The van der Waals surface area contributed by atoms with E-state index in [-0.39, 0.29) is 0 Å². The number of likely N-dealkylation sites (N-methyl/N-ethyl adjacent to an activating group) is 1. The van der Waals surface area contributed by atoms with Gasteiger partial charge in [0.25, 0.3) is 0 Å². The van der Waals surface area contributed by atoms with Gasteiger partial charge in [0.15, 0.2) is 0 Å². The highest BCUT2D eigenvalue weighted by atomic mass is 35.5. The van der Waals surface area contributed by atoms with Gasteiger partial charge in [-0.1, -0.05) is 24.6 Å². The van der Waals surface area contributed by atoms with E-state index in [0.717, 1.165) is 55.4 Å². The van der Waals surface area contributed by atoms with Gasteiger partial charge in [-0.05, 0) is 43.5 Å². The van der Waals surface area contributed by atoms with Gasteiger partial charge in [-0.2, -0.15) is 0 Å². The van der Waals surface area contributed by atoms with Crippen molar-refractivity contribution in [2.75, 3.05) is 31.6 Å². The van der Waals surface area contributed by atoms with Crippen LogP contribution in [0, 0.1) is 0 Å². The Morgan fingerprint density at radius 3 is 2.95 bits per heavy atom. The van der Waals surface area contributed by atoms with Crippen molar-refractivity contribution in [1.29, 1.82) is 0 Å². The fourth-order valence-corrected chi connectivity index (χ4v) is 2.76. The second-order valence-corrected chi connectivity index (χ2v) is 5.88. The zero-order valence-electron chi connectivity index (χ0n) is 12.5. The van der Waals surface area contributed by atoms with Gasteiger partial charge >= 0.3 is 0 Å². The number of nitrogens with zero attached hydrogens (tertiary/aromatic N) is 1. The third-order valence-electron chi connectivity index (χ3n) is 3.72. The minimum Gasteiger partial charge on any atom is -0.376 e. The molecule has 1 fully saturated rings. The molecule has 2 rings (SSSR count). The molecule has 1 aliphatic heterocycles. The highest BCUT2D eigenvalue weighted by Crippen LogP contribution is 2.24. The lowest BCUT2D eigenvalue weighted by atomic mass is 10.1. The standard InChI is InChI=1S/C16H25ClN2O/c1-3-8-18-11-13-6-7-14(10-16(13)17)19(2)12-15-5-4-9-20-15/h6-7,10,15,18H,3-5,8-9,11-12H2,1-2H3. The molecular weight excluding hydrogens is 272 g/mol. The number of benzene rings is 1. The summed E-state index contributed by atoms with van der Waals surface area (Å²) in [5, 5.41) is 4.22. The number of ether oxygens (including phenoxy) is 1. The fraction of sp³-hybridized carbons (Fsp3) is 0.625. The Morgan fingerprint density at radius 2 is 2.30 bits per heavy atom. The fourth-order valence-electron chi connectivity index (χ4n) is 2.52. The molecule has 0 amide bonds. The molecule has 1 aliphatic rings. The second-order valence-electron chi connectivity index (χ2n) is 5.47. The molecule has 3 nitrogen and oxygen atoms in total. The SMILES string of the molecule is CCCNCc1ccc(N(C)CC2CCCO2)cc1Cl. The molecule has 20 heavy (non-hydrogen) atoms. The van der Waals surface area contributed by atoms with Crippen LogP contribution >= 0.6 is 11.6 Å². The van der Waals surface area contributed by atoms with Gasteiger partial charge in [-0.3, -0.25) is 0 Å². The summed E-state index contributed by atoms with van der Waals surface area (Å²) < 4.78 is 5.68. The first-order chi connectivity index (χ1) is 9.70. The van der Waals surface area contributed by atoms with Crippen molar-refractivity contribution in [2.45, 2.75) is 38.8 Å². The summed E-state index contributed by atoms with van der Waals surface area (Å²) in [6.45, 7) is 5.86. The molecule has 0 aromatic heterocycles. The van der Waals surface area contributed by atoms with Crippen LogP contribution in [0.5, 0.6) is 0 Å². The normalized spacial score (nSPS) is 18.4. The van der Waals surface area contributed by atoms with Crippen LogP contribution in [0.15, 0.2) is 18.2 Å². The van der Waals surface area contributed by atoms with Crippen molar-refractivity contribution in [1.82, 2.24) is 5.32 Å². The molecule has 112 valence electrons. The van der Waals surface area contributed by atoms with Crippen LogP contribution in [-0.2, 0) is 11.3 Å². The lowest BCUT2D eigenvalue weighted by Gasteiger charge is -2.23. The largest absolute Gasteiger partial charge is 0.376 e. The summed E-state index contributed by atoms with van der Waals surface area (Å²) in [6.07, 6.45) is 3.85. The lowest BCUT2D eigenvalue weighted by molar-refractivity contribution is 0.116. The molecule has 1 atom stereocenters. The Bertz CT molecular complexity index is 419. The predicted molar refractivity (Wildman–Crippen MR) is 85.7 cm³/mol. The Balaban J connectivity index is 1.92. The molecule has 0 radical (unpaired) electrons. The van der Waals surface area contributed by atoms with E-state index in [4.69, 9.17) is 16.3 Å². The van der Waals surface area contributed by atoms with Crippen molar-refractivity contribution in [3.05, 3.63) is 28.8 Å². The first kappa shape index (κ1) is 15.6. The molecule has 1 aromatic rings. The van der Waals surface area contributed by atoms with Crippen molar-refractivity contribution < 1.29 is 4.74 Å². The van der Waals surface area contributed by atoms with Gasteiger partial charge in [0.05, 0.1) is 6.10 Å². The molecule has 1 saturated heterocycles. The van der Waals surface area contributed by atoms with E-state index < -0.39 is 0 Å². The Hall–Kier alpha value is -0.770. The van der Waals surface area contributed by atoms with Crippen molar-refractivity contribution >= 4 is 17.3 Å². The summed E-state index contributed by atoms with van der Waals surface area (Å²) in [6, 6.07) is 6.32. The highest BCUT2D eigenvalue weighted by Gasteiger charge is 2.17. The first-order valence-corrected chi connectivity index (χ1v) is 7.90. The van der Waals surface area contributed by atoms with E-state index in [1.54, 1.807) is 0 Å². The average molecular weight is 297 g/mol. The molecule has 1 N–H and O–H groups in total. The predicted octanol–water partition coefficient (Wildman–Crippen LogP) is 3.45. The third kappa shape index (κ3) is 4.37. The summed E-state index contributed by atoms with van der Waals surface area (Å²) >= 11 is 6.37. The van der Waals surface area contributed by atoms with E-state index in [1.165, 1.54) is 6.42 Å². The summed E-state index contributed by atoms with van der Waals surface area (Å²) in [5.41, 5.74) is 2.32. The van der Waals surface area contributed by atoms with E-state index >= 15 is 0 Å². The number of hydrogen-bond donors (Lipinski definition) is 1. The maximum absolute atomic E-state index is 6.37. The van der Waals surface area contributed by atoms with E-state index in [9.17, 15) is 0 Å². The zero-order valence-corrected chi connectivity index (χ0v) is 13.2. The monoisotopic (exact) mass is 296 g/mol. The van der Waals surface area contributed by atoms with Crippen molar-refractivity contribution in [2.24, 2.45) is 0 Å². The number of nitrogens with one attached hydrogen (secondary N) is 1. The number of hydrogen-bond acceptors (Lipinski definition) is 3. The number of anilines is 1. The highest BCUT2D eigenvalue weighted by molar-refractivity contribution is 6.31. The second kappa shape index (κ2) is 7.87. The van der Waals surface area contributed by atoms with Crippen LogP contribution in [-0.4, -0.2) is 32.8 Å². The molecule has 0 spiro atoms. The van der Waals surface area contributed by atoms with Gasteiger partial charge in [0.2, 0.25) is 0 Å². The Morgan fingerprint density at radius 1 is 1.45 bits per heavy atom. The quantitative estimate of drug-likeness (QED) is 0.780. The van der Waals surface area contributed by atoms with Crippen molar-refractivity contribution in [3.63, 3.8) is 0 Å². The molecule has 0 saturated carbocycles. The van der Waals surface area contributed by atoms with Gasteiger partial charge in [-0.15, -0.1) is 0 Å². The number of rotatable bonds is 7. The number of halogens is 1. The van der Waals surface area contributed by atoms with E-state index in [1.807, 2.05) is 0 Å². The average Bonchev–Trinajstić information content (AvgIpc) is 2.93. The van der Waals surface area contributed by atoms with Crippen LogP contribution < -0.4 is 10.2 Å². The van der Waals surface area contributed by atoms with Crippen LogP contribution in [0.25, 0.3) is 0 Å². The summed E-state index contributed by atoms with van der Waals surface area (Å²) in [4.78, 5) is 2.23. The smallest absolute Gasteiger partial charge is 0.0750 e. The molecule has 1 aromatic carbocycles. The molecule has 1 heterocycles. The zero-order chi connectivity index (χ0) is 14.4. The minimum absolute atomic E-state index is 0.365. The van der Waals surface area contributed by atoms with Crippen molar-refractivity contribution in [3.8, 4) is 0 Å². The van der Waals surface area contributed by atoms with Crippen LogP contribution in [0.2, 0.25) is 5.02 Å². The van der Waals surface area contributed by atoms with Gasteiger partial charge in [0, 0.05) is 37.5 Å². The molecule has 0 bridgehead atoms. The molecule has 0 aliphatic carbocycles. The van der Waals surface area contributed by atoms with Crippen LogP contribution in [0.3, 0.4) is 0 Å². The van der Waals surface area contributed by atoms with Gasteiger partial charge in [-0.25, -0.2) is 0 Å². The molecular formula is C16H25ClN2O. The topological polar surface area (TPSA) is 24.5 Å². The Labute approximate surface area is 127 Å². The van der Waals surface area contributed by atoms with Crippen LogP contribution in [0.4, 0.5) is 5.69 Å². The third-order valence-corrected chi connectivity index (χ3v) is 4.07. The maximum Gasteiger partial charge on any atom is 0.0750 e. The van der Waals surface area contributed by atoms with E-state index in [0.29, 0.717) is 6.10 Å². The van der Waals surface area contributed by atoms with E-state index in [2.05, 4.69) is 42.4 Å². The summed E-state index contributed by atoms with van der Waals surface area (Å²) in [5.74, 6) is 0. The van der Waals surface area contributed by atoms with Gasteiger partial charge < -0.3 is 15.0 Å². The molecule has 1 unspecified atom stereocenters. The van der Waals surface area contributed by atoms with Crippen LogP contribution in [0.1, 0.15) is 31.7 Å². The van der Waals surface area contributed by atoms with Gasteiger partial charge in [0.1, 0.15) is 0 Å². The summed E-state index contributed by atoms with van der Waals surface area (Å²) in [7, 11) is 2.10.